The van der Waals surface area contributed by atoms with Crippen molar-refractivity contribution in [2.24, 2.45) is 0 Å². The van der Waals surface area contributed by atoms with E-state index in [9.17, 15) is 14.5 Å². The Hall–Kier alpha value is -0.680. The Balaban J connectivity index is 4.96. The molecule has 18 heavy (non-hydrogen) atoms. The molecule has 2 atom stereocenters. The summed E-state index contributed by atoms with van der Waals surface area (Å²) in [6.45, 7) is 6.66. The first-order valence-electron chi connectivity index (χ1n) is 5.64. The van der Waals surface area contributed by atoms with Gasteiger partial charge in [-0.3, -0.25) is 4.52 Å². The minimum absolute atomic E-state index is 0.0783. The van der Waals surface area contributed by atoms with E-state index < -0.39 is 19.4 Å². The van der Waals surface area contributed by atoms with Gasteiger partial charge in [0.2, 0.25) is 5.85 Å². The van der Waals surface area contributed by atoms with Gasteiger partial charge in [-0.05, 0) is 13.8 Å². The SMILES string of the molecule is C=C(C)C(=O)OP(=O)(OCC)C(O)C[N+](C)(C)C. The van der Waals surface area contributed by atoms with Gasteiger partial charge >= 0.3 is 13.6 Å². The van der Waals surface area contributed by atoms with E-state index in [4.69, 9.17) is 9.05 Å². The predicted molar refractivity (Wildman–Crippen MR) is 69.0 cm³/mol. The highest BCUT2D eigenvalue weighted by atomic mass is 31.2. The first-order valence-corrected chi connectivity index (χ1v) is 7.25. The Morgan fingerprint density at radius 2 is 1.94 bits per heavy atom. The zero-order valence-electron chi connectivity index (χ0n) is 11.7. The van der Waals surface area contributed by atoms with Crippen molar-refractivity contribution in [2.75, 3.05) is 34.3 Å². The van der Waals surface area contributed by atoms with Crippen LogP contribution in [0.15, 0.2) is 12.2 Å². The number of aliphatic hydroxyl groups excluding tert-OH is 1. The molecule has 0 saturated heterocycles. The molecule has 0 rings (SSSR count). The Bertz CT molecular complexity index is 361. The molecular weight excluding hydrogens is 257 g/mol. The number of rotatable bonds is 7. The molecule has 0 radical (unpaired) electrons. The molecule has 0 aromatic rings. The molecule has 0 aliphatic heterocycles. The number of quaternary nitrogens is 1. The number of hydrogen-bond donors (Lipinski definition) is 1. The van der Waals surface area contributed by atoms with Gasteiger partial charge in [0.15, 0.2) is 0 Å². The van der Waals surface area contributed by atoms with Gasteiger partial charge in [0.05, 0.1) is 27.7 Å². The fourth-order valence-corrected chi connectivity index (χ4v) is 2.92. The third-order valence-electron chi connectivity index (χ3n) is 1.94. The van der Waals surface area contributed by atoms with Gasteiger partial charge in [0.1, 0.15) is 6.54 Å². The number of likely N-dealkylation sites (N-methyl/N-ethyl adjacent to an activating group) is 1. The lowest BCUT2D eigenvalue weighted by molar-refractivity contribution is -0.872. The Kier molecular flexibility index (Phi) is 6.23. The van der Waals surface area contributed by atoms with Crippen molar-refractivity contribution in [3.8, 4) is 0 Å². The van der Waals surface area contributed by atoms with Gasteiger partial charge in [-0.15, -0.1) is 0 Å². The molecule has 1 N–H and O–H groups in total. The summed E-state index contributed by atoms with van der Waals surface area (Å²) in [4.78, 5) is 11.4. The number of hydrogen-bond acceptors (Lipinski definition) is 5. The van der Waals surface area contributed by atoms with E-state index in [-0.39, 0.29) is 18.7 Å². The van der Waals surface area contributed by atoms with Crippen molar-refractivity contribution < 1.29 is 28.0 Å². The molecule has 0 aliphatic carbocycles. The third-order valence-corrected chi connectivity index (χ3v) is 3.88. The summed E-state index contributed by atoms with van der Waals surface area (Å²) in [6, 6.07) is 0. The van der Waals surface area contributed by atoms with E-state index in [1.54, 1.807) is 6.92 Å². The van der Waals surface area contributed by atoms with Crippen molar-refractivity contribution in [3.63, 3.8) is 0 Å². The highest BCUT2D eigenvalue weighted by Gasteiger charge is 2.41. The van der Waals surface area contributed by atoms with Gasteiger partial charge in [0.25, 0.3) is 0 Å². The maximum atomic E-state index is 12.3. The van der Waals surface area contributed by atoms with E-state index >= 15 is 0 Å². The Morgan fingerprint density at radius 1 is 1.44 bits per heavy atom. The van der Waals surface area contributed by atoms with Crippen molar-refractivity contribution in [3.05, 3.63) is 12.2 Å². The second-order valence-corrected chi connectivity index (χ2v) is 7.19. The van der Waals surface area contributed by atoms with Crippen molar-refractivity contribution in [1.29, 1.82) is 0 Å². The summed E-state index contributed by atoms with van der Waals surface area (Å²) in [5, 5.41) is 9.95. The number of aliphatic hydroxyl groups is 1. The number of carbonyl (C=O) groups excluding carboxylic acids is 1. The highest BCUT2D eigenvalue weighted by molar-refractivity contribution is 7.55. The molecule has 7 heteroatoms. The molecule has 106 valence electrons. The van der Waals surface area contributed by atoms with Gasteiger partial charge in [-0.25, -0.2) is 9.36 Å². The zero-order valence-corrected chi connectivity index (χ0v) is 12.6. The normalized spacial score (nSPS) is 16.8. The Labute approximate surface area is 108 Å². The molecule has 0 bridgehead atoms. The van der Waals surface area contributed by atoms with E-state index in [0.717, 1.165) is 0 Å². The first kappa shape index (κ1) is 17.3. The quantitative estimate of drug-likeness (QED) is 0.433. The summed E-state index contributed by atoms with van der Waals surface area (Å²) in [7, 11) is 1.57. The number of nitrogens with zero attached hydrogens (tertiary/aromatic N) is 1. The molecule has 0 aromatic carbocycles. The van der Waals surface area contributed by atoms with Crippen LogP contribution in [0.25, 0.3) is 0 Å². The fraction of sp³-hybridized carbons (Fsp3) is 0.727. The summed E-state index contributed by atoms with van der Waals surface area (Å²) in [6.07, 6.45) is 0. The molecule has 0 spiro atoms. The van der Waals surface area contributed by atoms with E-state index in [2.05, 4.69) is 6.58 Å². The van der Waals surface area contributed by atoms with Crippen LogP contribution in [0.5, 0.6) is 0 Å². The van der Waals surface area contributed by atoms with Gasteiger partial charge in [-0.2, -0.15) is 0 Å². The van der Waals surface area contributed by atoms with Crippen LogP contribution in [-0.4, -0.2) is 55.7 Å². The maximum absolute atomic E-state index is 12.3. The van der Waals surface area contributed by atoms with Crippen LogP contribution in [0.1, 0.15) is 13.8 Å². The molecule has 0 fully saturated rings. The van der Waals surface area contributed by atoms with Crippen LogP contribution in [0.2, 0.25) is 0 Å². The minimum atomic E-state index is -3.89. The molecule has 0 heterocycles. The second kappa shape index (κ2) is 6.48. The van der Waals surface area contributed by atoms with Crippen LogP contribution >= 0.6 is 7.60 Å². The fourth-order valence-electron chi connectivity index (χ4n) is 1.14. The van der Waals surface area contributed by atoms with Crippen LogP contribution < -0.4 is 0 Å². The van der Waals surface area contributed by atoms with Crippen molar-refractivity contribution in [2.45, 2.75) is 19.7 Å². The molecule has 0 aliphatic rings. The lowest BCUT2D eigenvalue weighted by atomic mass is 10.4. The van der Waals surface area contributed by atoms with Gasteiger partial charge < -0.3 is 14.1 Å². The van der Waals surface area contributed by atoms with Crippen molar-refractivity contribution >= 4 is 13.6 Å². The van der Waals surface area contributed by atoms with Crippen LogP contribution in [0, 0.1) is 0 Å². The topological polar surface area (TPSA) is 72.8 Å². The zero-order chi connectivity index (χ0) is 14.6. The molecule has 2 unspecified atom stereocenters. The first-order chi connectivity index (χ1) is 8.02. The molecule has 6 nitrogen and oxygen atoms in total. The summed E-state index contributed by atoms with van der Waals surface area (Å²) < 4.78 is 22.5. The van der Waals surface area contributed by atoms with E-state index in [1.165, 1.54) is 6.92 Å². The summed E-state index contributed by atoms with van der Waals surface area (Å²) >= 11 is 0. The summed E-state index contributed by atoms with van der Waals surface area (Å²) in [5.74, 6) is -2.19. The molecule has 0 aromatic heterocycles. The molecule has 0 saturated carbocycles. The minimum Gasteiger partial charge on any atom is -0.386 e. The van der Waals surface area contributed by atoms with Crippen molar-refractivity contribution in [1.82, 2.24) is 0 Å². The standard InChI is InChI=1S/C11H23NO5P/c1-7-16-18(15,17-11(14)9(2)3)10(13)8-12(4,5)6/h10,13H,2,7-8H2,1,3-6H3/q+1. The van der Waals surface area contributed by atoms with Gasteiger partial charge in [-0.1, -0.05) is 6.58 Å². The van der Waals surface area contributed by atoms with Crippen LogP contribution in [-0.2, 0) is 18.4 Å². The monoisotopic (exact) mass is 280 g/mol. The molecule has 0 amide bonds. The van der Waals surface area contributed by atoms with E-state index in [0.29, 0.717) is 4.48 Å². The second-order valence-electron chi connectivity index (χ2n) is 5.07. The van der Waals surface area contributed by atoms with Crippen LogP contribution in [0.4, 0.5) is 0 Å². The van der Waals surface area contributed by atoms with Crippen LogP contribution in [0.3, 0.4) is 0 Å². The lowest BCUT2D eigenvalue weighted by Crippen LogP contribution is -2.41. The largest absolute Gasteiger partial charge is 0.415 e. The predicted octanol–water partition coefficient (Wildman–Crippen LogP) is 1.36. The lowest BCUT2D eigenvalue weighted by Gasteiger charge is -2.29. The highest BCUT2D eigenvalue weighted by Crippen LogP contribution is 2.52. The third kappa shape index (κ3) is 5.78. The average Bonchev–Trinajstić information content (AvgIpc) is 2.14. The summed E-state index contributed by atoms with van der Waals surface area (Å²) in [5.41, 5.74) is 0.104. The maximum Gasteiger partial charge on any atom is 0.415 e. The smallest absolute Gasteiger partial charge is 0.386 e. The van der Waals surface area contributed by atoms with Gasteiger partial charge in [0, 0.05) is 5.57 Å². The molecular formula is C11H23NO5P+. The van der Waals surface area contributed by atoms with E-state index in [1.807, 2.05) is 21.1 Å². The number of carbonyl (C=O) groups is 1. The Morgan fingerprint density at radius 3 is 2.28 bits per heavy atom. The average molecular weight is 280 g/mol.